The number of ether oxygens (including phenoxy) is 1. The predicted octanol–water partition coefficient (Wildman–Crippen LogP) is 1.51. The molecule has 0 radical (unpaired) electrons. The zero-order valence-corrected chi connectivity index (χ0v) is 7.01. The summed E-state index contributed by atoms with van der Waals surface area (Å²) < 4.78 is 5.58. The van der Waals surface area contributed by atoms with Crippen LogP contribution in [-0.2, 0) is 4.74 Å². The summed E-state index contributed by atoms with van der Waals surface area (Å²) in [5.74, 6) is 0.860. The fraction of sp³-hybridized carbons (Fsp3) is 1.00. The Kier molecular flexibility index (Phi) is 2.44. The lowest BCUT2D eigenvalue weighted by molar-refractivity contribution is 0.0523. The standard InChI is InChI=1S/C9H17NO/c1-2-4-8(5-3-1)9-6-10-7-11-9/h8-10H,1-7H2. The van der Waals surface area contributed by atoms with Gasteiger partial charge in [0, 0.05) is 6.54 Å². The van der Waals surface area contributed by atoms with Gasteiger partial charge in [-0.3, -0.25) is 5.32 Å². The minimum Gasteiger partial charge on any atom is -0.361 e. The van der Waals surface area contributed by atoms with Crippen LogP contribution in [0.5, 0.6) is 0 Å². The fourth-order valence-electron chi connectivity index (χ4n) is 2.23. The molecule has 1 saturated carbocycles. The van der Waals surface area contributed by atoms with Gasteiger partial charge in [-0.05, 0) is 18.8 Å². The highest BCUT2D eigenvalue weighted by molar-refractivity contribution is 4.78. The van der Waals surface area contributed by atoms with Crippen LogP contribution in [0.3, 0.4) is 0 Å². The van der Waals surface area contributed by atoms with Crippen molar-refractivity contribution in [1.29, 1.82) is 0 Å². The van der Waals surface area contributed by atoms with Gasteiger partial charge in [-0.1, -0.05) is 19.3 Å². The summed E-state index contributed by atoms with van der Waals surface area (Å²) in [4.78, 5) is 0. The molecule has 2 rings (SSSR count). The number of hydrogen-bond donors (Lipinski definition) is 1. The molecule has 2 nitrogen and oxygen atoms in total. The number of rotatable bonds is 1. The van der Waals surface area contributed by atoms with E-state index in [9.17, 15) is 0 Å². The van der Waals surface area contributed by atoms with Crippen LogP contribution in [0.1, 0.15) is 32.1 Å². The maximum absolute atomic E-state index is 5.58. The molecule has 2 fully saturated rings. The van der Waals surface area contributed by atoms with Crippen LogP contribution in [0.4, 0.5) is 0 Å². The molecule has 0 aromatic heterocycles. The first-order valence-electron chi connectivity index (χ1n) is 4.79. The molecule has 1 heterocycles. The minimum absolute atomic E-state index is 0.537. The maximum Gasteiger partial charge on any atom is 0.0970 e. The summed E-state index contributed by atoms with van der Waals surface area (Å²) in [7, 11) is 0. The molecule has 0 aromatic rings. The highest BCUT2D eigenvalue weighted by Gasteiger charge is 2.26. The van der Waals surface area contributed by atoms with Gasteiger partial charge in [0.15, 0.2) is 0 Å². The fourth-order valence-corrected chi connectivity index (χ4v) is 2.23. The molecule has 1 aliphatic heterocycles. The van der Waals surface area contributed by atoms with E-state index in [0.717, 1.165) is 19.2 Å². The maximum atomic E-state index is 5.58. The zero-order chi connectivity index (χ0) is 7.52. The third-order valence-corrected chi connectivity index (χ3v) is 2.92. The second-order valence-corrected chi connectivity index (χ2v) is 3.70. The van der Waals surface area contributed by atoms with E-state index in [1.165, 1.54) is 32.1 Å². The van der Waals surface area contributed by atoms with Crippen molar-refractivity contribution in [3.63, 3.8) is 0 Å². The Morgan fingerprint density at radius 3 is 2.55 bits per heavy atom. The Labute approximate surface area is 68.3 Å². The molecule has 1 aliphatic carbocycles. The van der Waals surface area contributed by atoms with Gasteiger partial charge in [-0.2, -0.15) is 0 Å². The lowest BCUT2D eigenvalue weighted by Gasteiger charge is -2.25. The van der Waals surface area contributed by atoms with Crippen LogP contribution in [0, 0.1) is 5.92 Å². The molecule has 2 aliphatic rings. The Morgan fingerprint density at radius 1 is 1.09 bits per heavy atom. The third kappa shape index (κ3) is 1.74. The predicted molar refractivity (Wildman–Crippen MR) is 44.3 cm³/mol. The normalized spacial score (nSPS) is 34.4. The molecule has 1 N–H and O–H groups in total. The molecule has 64 valence electrons. The SMILES string of the molecule is C1CCC(C2CNCO2)CC1. The lowest BCUT2D eigenvalue weighted by Crippen LogP contribution is -2.26. The monoisotopic (exact) mass is 155 g/mol. The highest BCUT2D eigenvalue weighted by atomic mass is 16.5. The van der Waals surface area contributed by atoms with Gasteiger partial charge in [0.25, 0.3) is 0 Å². The summed E-state index contributed by atoms with van der Waals surface area (Å²) in [5, 5.41) is 3.25. The molecular weight excluding hydrogens is 138 g/mol. The van der Waals surface area contributed by atoms with E-state index in [1.54, 1.807) is 0 Å². The van der Waals surface area contributed by atoms with E-state index < -0.39 is 0 Å². The quantitative estimate of drug-likeness (QED) is 0.619. The van der Waals surface area contributed by atoms with Crippen molar-refractivity contribution in [2.75, 3.05) is 13.3 Å². The van der Waals surface area contributed by atoms with Crippen LogP contribution in [0.15, 0.2) is 0 Å². The van der Waals surface area contributed by atoms with Crippen LogP contribution >= 0.6 is 0 Å². The van der Waals surface area contributed by atoms with Crippen molar-refractivity contribution < 1.29 is 4.74 Å². The molecule has 1 unspecified atom stereocenters. The molecule has 1 atom stereocenters. The van der Waals surface area contributed by atoms with E-state index in [4.69, 9.17) is 4.74 Å². The molecular formula is C9H17NO. The van der Waals surface area contributed by atoms with Gasteiger partial charge in [0.05, 0.1) is 12.8 Å². The van der Waals surface area contributed by atoms with Gasteiger partial charge < -0.3 is 4.74 Å². The van der Waals surface area contributed by atoms with E-state index in [0.29, 0.717) is 6.10 Å². The van der Waals surface area contributed by atoms with Gasteiger partial charge in [0.1, 0.15) is 0 Å². The number of nitrogens with one attached hydrogen (secondary N) is 1. The second kappa shape index (κ2) is 3.55. The Hall–Kier alpha value is -0.0800. The van der Waals surface area contributed by atoms with Crippen molar-refractivity contribution in [3.8, 4) is 0 Å². The third-order valence-electron chi connectivity index (χ3n) is 2.92. The van der Waals surface area contributed by atoms with Gasteiger partial charge in [-0.15, -0.1) is 0 Å². The molecule has 0 spiro atoms. The summed E-state index contributed by atoms with van der Waals surface area (Å²) in [6.45, 7) is 1.87. The van der Waals surface area contributed by atoms with E-state index in [2.05, 4.69) is 5.32 Å². The number of hydrogen-bond acceptors (Lipinski definition) is 2. The Bertz CT molecular complexity index is 115. The van der Waals surface area contributed by atoms with Crippen molar-refractivity contribution in [2.24, 2.45) is 5.92 Å². The molecule has 11 heavy (non-hydrogen) atoms. The van der Waals surface area contributed by atoms with Gasteiger partial charge >= 0.3 is 0 Å². The first-order valence-corrected chi connectivity index (χ1v) is 4.79. The second-order valence-electron chi connectivity index (χ2n) is 3.70. The van der Waals surface area contributed by atoms with Crippen molar-refractivity contribution in [3.05, 3.63) is 0 Å². The zero-order valence-electron chi connectivity index (χ0n) is 7.01. The van der Waals surface area contributed by atoms with Crippen molar-refractivity contribution >= 4 is 0 Å². The van der Waals surface area contributed by atoms with Crippen molar-refractivity contribution in [2.45, 2.75) is 38.2 Å². The topological polar surface area (TPSA) is 21.3 Å². The first kappa shape index (κ1) is 7.56. The van der Waals surface area contributed by atoms with E-state index >= 15 is 0 Å². The highest BCUT2D eigenvalue weighted by Crippen LogP contribution is 2.28. The summed E-state index contributed by atoms with van der Waals surface area (Å²) >= 11 is 0. The summed E-state index contributed by atoms with van der Waals surface area (Å²) in [6, 6.07) is 0. The van der Waals surface area contributed by atoms with Crippen LogP contribution in [-0.4, -0.2) is 19.4 Å². The Morgan fingerprint density at radius 2 is 1.91 bits per heavy atom. The van der Waals surface area contributed by atoms with E-state index in [1.807, 2.05) is 0 Å². The molecule has 1 saturated heterocycles. The minimum atomic E-state index is 0.537. The summed E-state index contributed by atoms with van der Waals surface area (Å²) in [5.41, 5.74) is 0. The van der Waals surface area contributed by atoms with E-state index in [-0.39, 0.29) is 0 Å². The Balaban J connectivity index is 1.82. The largest absolute Gasteiger partial charge is 0.361 e. The summed E-state index contributed by atoms with van der Waals surface area (Å²) in [6.07, 6.45) is 7.61. The van der Waals surface area contributed by atoms with Crippen LogP contribution in [0.2, 0.25) is 0 Å². The molecule has 0 amide bonds. The van der Waals surface area contributed by atoms with Crippen molar-refractivity contribution in [1.82, 2.24) is 5.32 Å². The smallest absolute Gasteiger partial charge is 0.0970 e. The van der Waals surface area contributed by atoms with Gasteiger partial charge in [0.2, 0.25) is 0 Å². The molecule has 0 bridgehead atoms. The first-order chi connectivity index (χ1) is 5.47. The lowest BCUT2D eigenvalue weighted by atomic mass is 9.85. The van der Waals surface area contributed by atoms with Crippen LogP contribution < -0.4 is 5.32 Å². The molecule has 0 aromatic carbocycles. The van der Waals surface area contributed by atoms with Gasteiger partial charge in [-0.25, -0.2) is 0 Å². The average Bonchev–Trinajstić information content (AvgIpc) is 2.58. The average molecular weight is 155 g/mol. The molecule has 2 heteroatoms. The van der Waals surface area contributed by atoms with Crippen LogP contribution in [0.25, 0.3) is 0 Å².